The molecule has 1 rings (SSSR count). The van der Waals surface area contributed by atoms with E-state index in [1.54, 1.807) is 0 Å². The predicted octanol–water partition coefficient (Wildman–Crippen LogP) is 1.04. The molecule has 0 saturated heterocycles. The van der Waals surface area contributed by atoms with Gasteiger partial charge in [0.15, 0.2) is 5.82 Å². The zero-order chi connectivity index (χ0) is 16.7. The summed E-state index contributed by atoms with van der Waals surface area (Å²) in [6.07, 6.45) is -0.738. The molecular weight excluding hydrogens is 302 g/mol. The van der Waals surface area contributed by atoms with Gasteiger partial charge in [0.25, 0.3) is 0 Å². The molecule has 1 aromatic rings. The predicted molar refractivity (Wildman–Crippen MR) is 71.1 cm³/mol. The Balaban J connectivity index is 2.98. The van der Waals surface area contributed by atoms with Crippen molar-refractivity contribution in [2.45, 2.75) is 6.42 Å². The second-order valence-electron chi connectivity index (χ2n) is 3.86. The Morgan fingerprint density at radius 3 is 2.41 bits per heavy atom. The number of hydrogen-bond acceptors (Lipinski definition) is 7. The van der Waals surface area contributed by atoms with Crippen LogP contribution in [0.5, 0.6) is 0 Å². The van der Waals surface area contributed by atoms with Gasteiger partial charge in [-0.3, -0.25) is 15.0 Å². The average Bonchev–Trinajstić information content (AvgIpc) is 2.48. The van der Waals surface area contributed by atoms with E-state index in [9.17, 15) is 23.2 Å². The van der Waals surface area contributed by atoms with Crippen molar-refractivity contribution in [3.05, 3.63) is 29.8 Å². The molecule has 0 radical (unpaired) electrons. The second-order valence-corrected chi connectivity index (χ2v) is 3.86. The van der Waals surface area contributed by atoms with Crippen LogP contribution in [0.15, 0.2) is 23.3 Å². The number of esters is 2. The first-order valence-corrected chi connectivity index (χ1v) is 5.86. The topological polar surface area (TPSA) is 94.1 Å². The highest BCUT2D eigenvalue weighted by molar-refractivity contribution is 6.65. The lowest BCUT2D eigenvalue weighted by Crippen LogP contribution is -2.28. The third kappa shape index (κ3) is 4.62. The number of hydrazone groups is 1. The molecule has 0 atom stereocenters. The fourth-order valence-corrected chi connectivity index (χ4v) is 1.30. The average molecular weight is 314 g/mol. The molecule has 1 N–H and O–H groups in total. The number of rotatable bonds is 6. The first-order chi connectivity index (χ1) is 10.4. The number of benzene rings is 1. The number of ether oxygens (including phenoxy) is 2. The van der Waals surface area contributed by atoms with Crippen molar-refractivity contribution in [1.82, 2.24) is 0 Å². The number of Topliss-reactive ketones (excluding diaryl/α,β-unsaturated/α-hetero) is 1. The van der Waals surface area contributed by atoms with Crippen LogP contribution in [-0.2, 0) is 23.9 Å². The van der Waals surface area contributed by atoms with Crippen LogP contribution in [0.2, 0.25) is 0 Å². The molecule has 22 heavy (non-hydrogen) atoms. The molecule has 0 amide bonds. The lowest BCUT2D eigenvalue weighted by molar-refractivity contribution is -0.142. The Morgan fingerprint density at radius 1 is 1.18 bits per heavy atom. The van der Waals surface area contributed by atoms with Gasteiger partial charge in [-0.05, 0) is 12.1 Å². The number of nitrogens with one attached hydrogen (secondary N) is 1. The molecule has 1 aromatic carbocycles. The van der Waals surface area contributed by atoms with Crippen LogP contribution in [0.3, 0.4) is 0 Å². The molecule has 118 valence electrons. The van der Waals surface area contributed by atoms with Crippen LogP contribution < -0.4 is 5.43 Å². The van der Waals surface area contributed by atoms with E-state index >= 15 is 0 Å². The van der Waals surface area contributed by atoms with Crippen LogP contribution in [0.25, 0.3) is 0 Å². The minimum atomic E-state index is -1.12. The van der Waals surface area contributed by atoms with Crippen molar-refractivity contribution in [3.8, 4) is 0 Å². The van der Waals surface area contributed by atoms with Crippen molar-refractivity contribution < 1.29 is 32.6 Å². The number of halogens is 2. The number of carbonyl (C=O) groups excluding carboxylic acids is 3. The van der Waals surface area contributed by atoms with Gasteiger partial charge in [0.2, 0.25) is 11.5 Å². The van der Waals surface area contributed by atoms with Gasteiger partial charge < -0.3 is 9.47 Å². The molecule has 0 aliphatic carbocycles. The molecule has 0 heterocycles. The van der Waals surface area contributed by atoms with Gasteiger partial charge in [-0.15, -0.1) is 0 Å². The van der Waals surface area contributed by atoms with Gasteiger partial charge in [-0.2, -0.15) is 5.10 Å². The Morgan fingerprint density at radius 2 is 1.86 bits per heavy atom. The van der Waals surface area contributed by atoms with Gasteiger partial charge in [0.1, 0.15) is 12.2 Å². The zero-order valence-corrected chi connectivity index (χ0v) is 11.7. The van der Waals surface area contributed by atoms with Crippen molar-refractivity contribution in [2.24, 2.45) is 5.10 Å². The summed E-state index contributed by atoms with van der Waals surface area (Å²) in [7, 11) is 2.07. The summed E-state index contributed by atoms with van der Waals surface area (Å²) in [5, 5.41) is 3.41. The quantitative estimate of drug-likeness (QED) is 0.365. The smallest absolute Gasteiger partial charge is 0.362 e. The van der Waals surface area contributed by atoms with Gasteiger partial charge in [-0.1, -0.05) is 0 Å². The molecule has 0 bridgehead atoms. The highest BCUT2D eigenvalue weighted by Gasteiger charge is 2.24. The molecule has 0 spiro atoms. The standard InChI is InChI=1S/C13H12F2N2O5/c1-21-11(19)6-10(18)12(13(20)22-2)17-16-9-4-3-7(14)5-8(9)15/h3-5,16H,6H2,1-2H3. The third-order valence-electron chi connectivity index (χ3n) is 2.39. The molecule has 0 saturated carbocycles. The molecule has 0 aliphatic heterocycles. The van der Waals surface area contributed by atoms with Gasteiger partial charge >= 0.3 is 11.9 Å². The van der Waals surface area contributed by atoms with Gasteiger partial charge in [0, 0.05) is 6.07 Å². The van der Waals surface area contributed by atoms with Crippen LogP contribution in [0, 0.1) is 11.6 Å². The SMILES string of the molecule is COC(=O)CC(=O)C(=NNc1ccc(F)cc1F)C(=O)OC. The lowest BCUT2D eigenvalue weighted by atomic mass is 10.2. The normalized spacial score (nSPS) is 10.8. The van der Waals surface area contributed by atoms with Crippen LogP contribution in [0.4, 0.5) is 14.5 Å². The number of hydrogen-bond donors (Lipinski definition) is 1. The van der Waals surface area contributed by atoms with Gasteiger partial charge in [0.05, 0.1) is 19.9 Å². The van der Waals surface area contributed by atoms with Crippen molar-refractivity contribution in [2.75, 3.05) is 19.6 Å². The first kappa shape index (κ1) is 17.2. The third-order valence-corrected chi connectivity index (χ3v) is 2.39. The first-order valence-electron chi connectivity index (χ1n) is 5.86. The maximum absolute atomic E-state index is 13.4. The van der Waals surface area contributed by atoms with Crippen LogP contribution >= 0.6 is 0 Å². The van der Waals surface area contributed by atoms with E-state index in [1.165, 1.54) is 0 Å². The summed E-state index contributed by atoms with van der Waals surface area (Å²) >= 11 is 0. The molecular formula is C13H12F2N2O5. The second kappa shape index (κ2) is 7.81. The van der Waals surface area contributed by atoms with Crippen molar-refractivity contribution in [3.63, 3.8) is 0 Å². The molecule has 9 heteroatoms. The van der Waals surface area contributed by atoms with Gasteiger partial charge in [-0.25, -0.2) is 13.6 Å². The maximum Gasteiger partial charge on any atom is 0.362 e. The van der Waals surface area contributed by atoms with E-state index in [2.05, 4.69) is 20.0 Å². The Labute approximate surface area is 123 Å². The number of anilines is 1. The zero-order valence-electron chi connectivity index (χ0n) is 11.7. The van der Waals surface area contributed by atoms with E-state index in [0.717, 1.165) is 26.4 Å². The summed E-state index contributed by atoms with van der Waals surface area (Å²) in [5.74, 6) is -4.76. The molecule has 0 fully saturated rings. The van der Waals surface area contributed by atoms with Crippen LogP contribution in [0.1, 0.15) is 6.42 Å². The molecule has 0 aromatic heterocycles. The number of carbonyl (C=O) groups is 3. The number of ketones is 1. The number of methoxy groups -OCH3 is 2. The monoisotopic (exact) mass is 314 g/mol. The summed E-state index contributed by atoms with van der Waals surface area (Å²) < 4.78 is 34.8. The number of nitrogens with zero attached hydrogens (tertiary/aromatic N) is 1. The molecule has 0 aliphatic rings. The minimum Gasteiger partial charge on any atom is -0.469 e. The lowest BCUT2D eigenvalue weighted by Gasteiger charge is -2.06. The minimum absolute atomic E-state index is 0.270. The Bertz CT molecular complexity index is 631. The largest absolute Gasteiger partial charge is 0.469 e. The summed E-state index contributed by atoms with van der Waals surface area (Å²) in [6, 6.07) is 2.56. The van der Waals surface area contributed by atoms with Crippen LogP contribution in [-0.4, -0.2) is 37.7 Å². The van der Waals surface area contributed by atoms with E-state index in [-0.39, 0.29) is 5.69 Å². The summed E-state index contributed by atoms with van der Waals surface area (Å²) in [5.41, 5.74) is 1.08. The van der Waals surface area contributed by atoms with E-state index in [1.807, 2.05) is 0 Å². The van der Waals surface area contributed by atoms with E-state index in [4.69, 9.17) is 0 Å². The van der Waals surface area contributed by atoms with E-state index < -0.39 is 41.5 Å². The Kier molecular flexibility index (Phi) is 6.11. The van der Waals surface area contributed by atoms with E-state index in [0.29, 0.717) is 6.07 Å². The maximum atomic E-state index is 13.4. The summed E-state index contributed by atoms with van der Waals surface area (Å²) in [4.78, 5) is 34.2. The highest BCUT2D eigenvalue weighted by atomic mass is 19.1. The Hall–Kier alpha value is -2.84. The fraction of sp³-hybridized carbons (Fsp3) is 0.231. The summed E-state index contributed by atoms with van der Waals surface area (Å²) in [6.45, 7) is 0. The van der Waals surface area contributed by atoms with Crippen molar-refractivity contribution in [1.29, 1.82) is 0 Å². The van der Waals surface area contributed by atoms with Crippen molar-refractivity contribution >= 4 is 29.1 Å². The molecule has 0 unspecified atom stereocenters. The molecule has 7 nitrogen and oxygen atoms in total. The fourth-order valence-electron chi connectivity index (χ4n) is 1.30. The highest BCUT2D eigenvalue weighted by Crippen LogP contribution is 2.14.